The zero-order chi connectivity index (χ0) is 21.3. The first-order chi connectivity index (χ1) is 14.6. The molecule has 0 aliphatic heterocycles. The van der Waals surface area contributed by atoms with Gasteiger partial charge in [0.05, 0.1) is 0 Å². The van der Waals surface area contributed by atoms with E-state index in [0.29, 0.717) is 13.1 Å². The molecule has 0 bridgehead atoms. The molecular formula is C26H24Br2Cl2N2. The number of rotatable bonds is 4. The summed E-state index contributed by atoms with van der Waals surface area (Å²) in [5.74, 6) is 13.0. The van der Waals surface area contributed by atoms with Crippen molar-refractivity contribution in [2.75, 3.05) is 13.1 Å². The fraction of sp³-hybridized carbons (Fsp3) is 0.154. The van der Waals surface area contributed by atoms with Crippen LogP contribution in [-0.4, -0.2) is 13.1 Å². The van der Waals surface area contributed by atoms with E-state index in [1.807, 2.05) is 36.4 Å². The normalized spacial score (nSPS) is 9.38. The van der Waals surface area contributed by atoms with Crippen molar-refractivity contribution < 1.29 is 0 Å². The number of hydrogen-bond donors (Lipinski definition) is 2. The van der Waals surface area contributed by atoms with Crippen LogP contribution in [0.1, 0.15) is 33.4 Å². The fourth-order valence-electron chi connectivity index (χ4n) is 3.03. The molecule has 6 heteroatoms. The van der Waals surface area contributed by atoms with Crippen molar-refractivity contribution in [1.82, 2.24) is 0 Å². The van der Waals surface area contributed by atoms with Gasteiger partial charge in [-0.3, -0.25) is 0 Å². The minimum absolute atomic E-state index is 0. The molecule has 166 valence electrons. The van der Waals surface area contributed by atoms with E-state index >= 15 is 0 Å². The first-order valence-electron chi connectivity index (χ1n) is 9.69. The molecule has 0 saturated carbocycles. The molecule has 0 unspecified atom stereocenters. The van der Waals surface area contributed by atoms with Crippen LogP contribution >= 0.6 is 56.7 Å². The molecule has 4 N–H and O–H groups in total. The fourth-order valence-corrected chi connectivity index (χ4v) is 4.11. The summed E-state index contributed by atoms with van der Waals surface area (Å²) in [6, 6.07) is 20.3. The monoisotopic (exact) mass is 592 g/mol. The Labute approximate surface area is 219 Å². The van der Waals surface area contributed by atoms with Crippen molar-refractivity contribution in [1.29, 1.82) is 0 Å². The van der Waals surface area contributed by atoms with Crippen LogP contribution < -0.4 is 11.5 Å². The highest BCUT2D eigenvalue weighted by Crippen LogP contribution is 2.17. The molecule has 0 aliphatic carbocycles. The van der Waals surface area contributed by atoms with Gasteiger partial charge in [0.1, 0.15) is 0 Å². The van der Waals surface area contributed by atoms with Gasteiger partial charge in [-0.05, 0) is 91.7 Å². The van der Waals surface area contributed by atoms with Crippen molar-refractivity contribution in [3.8, 4) is 23.7 Å². The van der Waals surface area contributed by atoms with Gasteiger partial charge in [0.15, 0.2) is 0 Å². The van der Waals surface area contributed by atoms with E-state index in [9.17, 15) is 0 Å². The van der Waals surface area contributed by atoms with E-state index in [1.54, 1.807) is 0 Å². The van der Waals surface area contributed by atoms with E-state index in [4.69, 9.17) is 11.5 Å². The van der Waals surface area contributed by atoms with Gasteiger partial charge in [-0.1, -0.05) is 61.6 Å². The summed E-state index contributed by atoms with van der Waals surface area (Å²) in [7, 11) is 0. The quantitative estimate of drug-likeness (QED) is 0.372. The Kier molecular flexibility index (Phi) is 12.7. The summed E-state index contributed by atoms with van der Waals surface area (Å²) in [5.41, 5.74) is 17.5. The zero-order valence-corrected chi connectivity index (χ0v) is 22.1. The molecule has 0 heterocycles. The largest absolute Gasteiger partial charge is 0.330 e. The Morgan fingerprint density at radius 1 is 0.562 bits per heavy atom. The van der Waals surface area contributed by atoms with Gasteiger partial charge in [0.2, 0.25) is 0 Å². The van der Waals surface area contributed by atoms with E-state index in [0.717, 1.165) is 44.0 Å². The molecule has 3 aromatic carbocycles. The Hall–Kier alpha value is -1.76. The molecule has 0 amide bonds. The Balaban J connectivity index is 0.00000256. The van der Waals surface area contributed by atoms with Gasteiger partial charge in [-0.2, -0.15) is 0 Å². The van der Waals surface area contributed by atoms with Gasteiger partial charge in [0.25, 0.3) is 0 Å². The second-order valence-electron chi connectivity index (χ2n) is 6.85. The van der Waals surface area contributed by atoms with Crippen molar-refractivity contribution in [3.05, 3.63) is 103 Å². The Morgan fingerprint density at radius 2 is 0.969 bits per heavy atom. The topological polar surface area (TPSA) is 52.0 Å². The van der Waals surface area contributed by atoms with Crippen LogP contribution in [0.4, 0.5) is 0 Å². The molecule has 0 spiro atoms. The molecule has 0 aliphatic rings. The molecule has 0 radical (unpaired) electrons. The maximum atomic E-state index is 5.67. The third-order valence-corrected chi connectivity index (χ3v) is 5.26. The summed E-state index contributed by atoms with van der Waals surface area (Å²) in [6.07, 6.45) is 1.67. The number of halogens is 4. The molecule has 0 aromatic heterocycles. The van der Waals surface area contributed by atoms with Gasteiger partial charge in [-0.15, -0.1) is 24.8 Å². The molecular weight excluding hydrogens is 571 g/mol. The number of nitrogens with two attached hydrogens (primary N) is 2. The van der Waals surface area contributed by atoms with Crippen LogP contribution in [0.25, 0.3) is 0 Å². The lowest BCUT2D eigenvalue weighted by atomic mass is 10.1. The Morgan fingerprint density at radius 3 is 1.38 bits per heavy atom. The van der Waals surface area contributed by atoms with Crippen LogP contribution in [0.2, 0.25) is 0 Å². The maximum Gasteiger partial charge on any atom is 0.0263 e. The molecule has 3 aromatic rings. The molecule has 0 atom stereocenters. The summed E-state index contributed by atoms with van der Waals surface area (Å²) < 4.78 is 2.03. The summed E-state index contributed by atoms with van der Waals surface area (Å²) >= 11 is 7.09. The predicted molar refractivity (Wildman–Crippen MR) is 147 cm³/mol. The average Bonchev–Trinajstić information content (AvgIpc) is 2.71. The third-order valence-electron chi connectivity index (χ3n) is 4.35. The first-order valence-corrected chi connectivity index (χ1v) is 11.3. The number of hydrogen-bond acceptors (Lipinski definition) is 2. The van der Waals surface area contributed by atoms with Crippen molar-refractivity contribution in [2.24, 2.45) is 11.5 Å². The van der Waals surface area contributed by atoms with Gasteiger partial charge < -0.3 is 11.5 Å². The van der Waals surface area contributed by atoms with E-state index in [2.05, 4.69) is 79.8 Å². The van der Waals surface area contributed by atoms with Gasteiger partial charge in [0, 0.05) is 31.2 Å². The highest BCUT2D eigenvalue weighted by Gasteiger charge is 1.99. The van der Waals surface area contributed by atoms with Crippen LogP contribution in [0.5, 0.6) is 0 Å². The lowest BCUT2D eigenvalue weighted by molar-refractivity contribution is 0.967. The molecule has 3 rings (SSSR count). The molecule has 0 saturated heterocycles. The smallest absolute Gasteiger partial charge is 0.0263 e. The van der Waals surface area contributed by atoms with E-state index in [-0.39, 0.29) is 24.8 Å². The molecule has 0 fully saturated rings. The predicted octanol–water partition coefficient (Wildman–Crippen LogP) is 5.86. The van der Waals surface area contributed by atoms with Crippen molar-refractivity contribution >= 4 is 56.7 Å². The summed E-state index contributed by atoms with van der Waals surface area (Å²) in [4.78, 5) is 0. The van der Waals surface area contributed by atoms with Crippen LogP contribution in [0.3, 0.4) is 0 Å². The Bertz CT molecular complexity index is 1080. The van der Waals surface area contributed by atoms with Crippen molar-refractivity contribution in [3.63, 3.8) is 0 Å². The second-order valence-corrected chi connectivity index (χ2v) is 8.69. The molecule has 2 nitrogen and oxygen atoms in total. The van der Waals surface area contributed by atoms with E-state index in [1.165, 1.54) is 11.1 Å². The molecule has 32 heavy (non-hydrogen) atoms. The minimum atomic E-state index is 0. The van der Waals surface area contributed by atoms with Crippen LogP contribution in [0, 0.1) is 23.7 Å². The minimum Gasteiger partial charge on any atom is -0.330 e. The lowest BCUT2D eigenvalue weighted by Gasteiger charge is -2.01. The lowest BCUT2D eigenvalue weighted by Crippen LogP contribution is -2.02. The van der Waals surface area contributed by atoms with Crippen LogP contribution in [0.15, 0.2) is 69.6 Å². The zero-order valence-electron chi connectivity index (χ0n) is 17.3. The van der Waals surface area contributed by atoms with Gasteiger partial charge in [-0.25, -0.2) is 0 Å². The highest BCUT2D eigenvalue weighted by atomic mass is 79.9. The first kappa shape index (κ1) is 28.3. The SMILES string of the molecule is Cl.Cl.NCCc1cc(Br)cc(C#Cc2cccc(C#Cc3cc(Br)cc(CCN)c3)c2)c1. The highest BCUT2D eigenvalue weighted by molar-refractivity contribution is 9.10. The number of benzene rings is 3. The maximum absolute atomic E-state index is 5.67. The van der Waals surface area contributed by atoms with Crippen molar-refractivity contribution in [2.45, 2.75) is 12.8 Å². The standard InChI is InChI=1S/C26H22Br2N2.2ClH/c27-25-15-21(13-23(17-25)8-10-29)6-4-19-2-1-3-20(12-19)5-7-22-14-24(9-11-30)18-26(28)16-22;;/h1-3,12-18H,8-11,29-30H2;2*1H. The summed E-state index contributed by atoms with van der Waals surface area (Å²) in [6.45, 7) is 1.24. The second kappa shape index (κ2) is 14.4. The average molecular weight is 595 g/mol. The third kappa shape index (κ3) is 9.00. The van der Waals surface area contributed by atoms with Gasteiger partial charge >= 0.3 is 0 Å². The van der Waals surface area contributed by atoms with E-state index < -0.39 is 0 Å². The summed E-state index contributed by atoms with van der Waals surface area (Å²) in [5, 5.41) is 0. The van der Waals surface area contributed by atoms with Crippen LogP contribution in [-0.2, 0) is 12.8 Å².